The summed E-state index contributed by atoms with van der Waals surface area (Å²) >= 11 is 0. The molecule has 2 N–H and O–H groups in total. The van der Waals surface area contributed by atoms with Gasteiger partial charge in [-0.1, -0.05) is 43.5 Å². The van der Waals surface area contributed by atoms with Gasteiger partial charge in [-0.2, -0.15) is 0 Å². The molecule has 4 amide bonds. The van der Waals surface area contributed by atoms with Gasteiger partial charge in [-0.15, -0.1) is 0 Å². The zero-order valence-electron chi connectivity index (χ0n) is 14.9. The first-order chi connectivity index (χ1) is 12.6. The third-order valence-corrected chi connectivity index (χ3v) is 5.92. The predicted octanol–water partition coefficient (Wildman–Crippen LogP) is 2.22. The van der Waals surface area contributed by atoms with Gasteiger partial charge >= 0.3 is 6.03 Å². The first kappa shape index (κ1) is 17.1. The highest BCUT2D eigenvalue weighted by atomic mass is 16.2. The normalized spacial score (nSPS) is 25.9. The number of carbonyl (C=O) groups excluding carboxylic acids is 3. The number of imide groups is 1. The Balaban J connectivity index is 1.50. The minimum absolute atomic E-state index is 0.168. The number of fused-ring (bicyclic) bond motifs is 2. The molecule has 1 aliphatic heterocycles. The Kier molecular flexibility index (Phi) is 4.42. The molecule has 1 spiro atoms. The van der Waals surface area contributed by atoms with Gasteiger partial charge in [0, 0.05) is 6.04 Å². The molecule has 2 aliphatic carbocycles. The molecule has 6 nitrogen and oxygen atoms in total. The van der Waals surface area contributed by atoms with Gasteiger partial charge in [0.05, 0.1) is 0 Å². The van der Waals surface area contributed by atoms with E-state index in [1.54, 1.807) is 0 Å². The summed E-state index contributed by atoms with van der Waals surface area (Å²) in [5, 5.41) is 5.88. The van der Waals surface area contributed by atoms with Gasteiger partial charge in [-0.3, -0.25) is 14.5 Å². The molecule has 0 unspecified atom stereocenters. The lowest BCUT2D eigenvalue weighted by Crippen LogP contribution is -2.48. The van der Waals surface area contributed by atoms with Crippen LogP contribution in [0.4, 0.5) is 4.79 Å². The van der Waals surface area contributed by atoms with Crippen molar-refractivity contribution in [2.75, 3.05) is 6.54 Å². The van der Waals surface area contributed by atoms with Crippen LogP contribution in [-0.4, -0.2) is 35.3 Å². The second kappa shape index (κ2) is 6.74. The number of nitrogens with one attached hydrogen (secondary N) is 2. The van der Waals surface area contributed by atoms with E-state index < -0.39 is 11.6 Å². The third-order valence-electron chi connectivity index (χ3n) is 5.92. The van der Waals surface area contributed by atoms with E-state index in [1.165, 1.54) is 6.42 Å². The second-order valence-electron chi connectivity index (χ2n) is 7.64. The van der Waals surface area contributed by atoms with Crippen molar-refractivity contribution in [2.24, 2.45) is 0 Å². The second-order valence-corrected chi connectivity index (χ2v) is 7.64. The minimum atomic E-state index is -1.00. The molecule has 1 heterocycles. The molecule has 1 aromatic rings. The van der Waals surface area contributed by atoms with Crippen LogP contribution >= 0.6 is 0 Å². The Bertz CT molecular complexity index is 742. The molecular weight excluding hydrogens is 330 g/mol. The summed E-state index contributed by atoms with van der Waals surface area (Å²) in [7, 11) is 0. The average Bonchev–Trinajstić information content (AvgIpc) is 2.88. The Morgan fingerprint density at radius 1 is 1.15 bits per heavy atom. The molecule has 4 rings (SSSR count). The van der Waals surface area contributed by atoms with E-state index in [2.05, 4.69) is 10.6 Å². The molecule has 2 fully saturated rings. The summed E-state index contributed by atoms with van der Waals surface area (Å²) in [5.41, 5.74) is 0.970. The van der Waals surface area contributed by atoms with Crippen molar-refractivity contribution in [3.63, 3.8) is 0 Å². The Hall–Kier alpha value is -2.37. The van der Waals surface area contributed by atoms with Crippen molar-refractivity contribution in [1.29, 1.82) is 0 Å². The number of amides is 4. The van der Waals surface area contributed by atoms with Gasteiger partial charge in [0.25, 0.3) is 5.91 Å². The van der Waals surface area contributed by atoms with Crippen LogP contribution in [0.1, 0.15) is 56.1 Å². The van der Waals surface area contributed by atoms with E-state index in [0.29, 0.717) is 6.42 Å². The molecule has 26 heavy (non-hydrogen) atoms. The molecule has 0 aromatic heterocycles. The van der Waals surface area contributed by atoms with Crippen LogP contribution in [0, 0.1) is 0 Å². The maximum absolute atomic E-state index is 13.1. The fraction of sp³-hybridized carbons (Fsp3) is 0.550. The van der Waals surface area contributed by atoms with Crippen LogP contribution in [-0.2, 0) is 21.5 Å². The quantitative estimate of drug-likeness (QED) is 0.816. The van der Waals surface area contributed by atoms with Crippen molar-refractivity contribution in [3.8, 4) is 0 Å². The van der Waals surface area contributed by atoms with Gasteiger partial charge in [-0.25, -0.2) is 4.79 Å². The number of aryl methyl sites for hydroxylation is 1. The highest BCUT2D eigenvalue weighted by Gasteiger charge is 2.54. The third kappa shape index (κ3) is 2.87. The predicted molar refractivity (Wildman–Crippen MR) is 96.3 cm³/mol. The zero-order chi connectivity index (χ0) is 18.1. The summed E-state index contributed by atoms with van der Waals surface area (Å²) in [5.74, 6) is -0.546. The molecule has 1 aromatic carbocycles. The van der Waals surface area contributed by atoms with E-state index in [0.717, 1.165) is 54.6 Å². The summed E-state index contributed by atoms with van der Waals surface area (Å²) in [6.45, 7) is -0.203. The van der Waals surface area contributed by atoms with E-state index in [1.807, 2.05) is 24.3 Å². The topological polar surface area (TPSA) is 78.5 Å². The number of carbonyl (C=O) groups is 3. The lowest BCUT2D eigenvalue weighted by molar-refractivity contribution is -0.135. The summed E-state index contributed by atoms with van der Waals surface area (Å²) in [6.07, 6.45) is 7.72. The Morgan fingerprint density at radius 3 is 2.73 bits per heavy atom. The molecule has 3 aliphatic rings. The van der Waals surface area contributed by atoms with Crippen molar-refractivity contribution >= 4 is 17.8 Å². The van der Waals surface area contributed by atoms with Crippen molar-refractivity contribution < 1.29 is 14.4 Å². The van der Waals surface area contributed by atoms with Crippen molar-refractivity contribution in [2.45, 2.75) is 62.9 Å². The van der Waals surface area contributed by atoms with Crippen LogP contribution in [0.3, 0.4) is 0 Å². The summed E-state index contributed by atoms with van der Waals surface area (Å²) in [6, 6.07) is 7.47. The molecule has 1 saturated carbocycles. The maximum atomic E-state index is 13.1. The number of rotatable bonds is 3. The monoisotopic (exact) mass is 355 g/mol. The largest absolute Gasteiger partial charge is 0.352 e. The van der Waals surface area contributed by atoms with E-state index in [9.17, 15) is 14.4 Å². The molecule has 138 valence electrons. The minimum Gasteiger partial charge on any atom is -0.352 e. The lowest BCUT2D eigenvalue weighted by atomic mass is 9.76. The molecular formula is C20H25N3O3. The first-order valence-corrected chi connectivity index (χ1v) is 9.62. The Labute approximate surface area is 153 Å². The highest BCUT2D eigenvalue weighted by molar-refractivity contribution is 6.09. The van der Waals surface area contributed by atoms with Gasteiger partial charge < -0.3 is 10.6 Å². The average molecular weight is 355 g/mol. The van der Waals surface area contributed by atoms with Gasteiger partial charge in [0.2, 0.25) is 5.91 Å². The van der Waals surface area contributed by atoms with Crippen LogP contribution in [0.5, 0.6) is 0 Å². The standard InChI is InChI=1S/C20H25N3O3/c24-17(21-15-9-2-1-3-10-15)13-23-18(25)20(22-19(23)26)12-6-8-14-7-4-5-11-16(14)20/h4-5,7,11,15H,1-3,6,8-10,12-13H2,(H,21,24)(H,22,26)/t20-/m1/s1. The zero-order valence-corrected chi connectivity index (χ0v) is 14.9. The fourth-order valence-corrected chi connectivity index (χ4v) is 4.62. The van der Waals surface area contributed by atoms with Gasteiger partial charge in [0.1, 0.15) is 12.1 Å². The lowest BCUT2D eigenvalue weighted by Gasteiger charge is -2.33. The summed E-state index contributed by atoms with van der Waals surface area (Å²) in [4.78, 5) is 39.1. The van der Waals surface area contributed by atoms with E-state index in [4.69, 9.17) is 0 Å². The number of benzene rings is 1. The molecule has 0 radical (unpaired) electrons. The molecule has 1 atom stereocenters. The van der Waals surface area contributed by atoms with E-state index in [-0.39, 0.29) is 24.4 Å². The van der Waals surface area contributed by atoms with Crippen LogP contribution in [0.25, 0.3) is 0 Å². The maximum Gasteiger partial charge on any atom is 0.325 e. The fourth-order valence-electron chi connectivity index (χ4n) is 4.62. The molecule has 1 saturated heterocycles. The molecule has 0 bridgehead atoms. The van der Waals surface area contributed by atoms with E-state index >= 15 is 0 Å². The number of hydrogen-bond donors (Lipinski definition) is 2. The number of urea groups is 1. The van der Waals surface area contributed by atoms with Gasteiger partial charge in [-0.05, 0) is 43.2 Å². The van der Waals surface area contributed by atoms with Crippen LogP contribution in [0.15, 0.2) is 24.3 Å². The number of nitrogens with zero attached hydrogens (tertiary/aromatic N) is 1. The first-order valence-electron chi connectivity index (χ1n) is 9.62. The van der Waals surface area contributed by atoms with Crippen molar-refractivity contribution in [1.82, 2.24) is 15.5 Å². The Morgan fingerprint density at radius 2 is 1.92 bits per heavy atom. The van der Waals surface area contributed by atoms with Crippen LogP contribution in [0.2, 0.25) is 0 Å². The van der Waals surface area contributed by atoms with Gasteiger partial charge in [0.15, 0.2) is 0 Å². The molecule has 6 heteroatoms. The van der Waals surface area contributed by atoms with Crippen LogP contribution < -0.4 is 10.6 Å². The SMILES string of the molecule is O=C(CN1C(=O)N[C@@]2(CCCc3ccccc32)C1=O)NC1CCCCC1. The smallest absolute Gasteiger partial charge is 0.325 e. The summed E-state index contributed by atoms with van der Waals surface area (Å²) < 4.78 is 0. The van der Waals surface area contributed by atoms with Crippen molar-refractivity contribution in [3.05, 3.63) is 35.4 Å². The highest BCUT2D eigenvalue weighted by Crippen LogP contribution is 2.39. The number of hydrogen-bond acceptors (Lipinski definition) is 3.